The van der Waals surface area contributed by atoms with E-state index in [0.29, 0.717) is 16.4 Å². The Labute approximate surface area is 124 Å². The van der Waals surface area contributed by atoms with Gasteiger partial charge in [0.05, 0.1) is 15.3 Å². The first-order valence-corrected chi connectivity index (χ1v) is 7.85. The zero-order chi connectivity index (χ0) is 14.2. The van der Waals surface area contributed by atoms with Crippen LogP contribution in [-0.4, -0.2) is 53.8 Å². The second-order valence-corrected chi connectivity index (χ2v) is 7.18. The molecular formula is C14H21ClN2OS. The van der Waals surface area contributed by atoms with Gasteiger partial charge in [-0.15, -0.1) is 11.3 Å². The number of carbonyl (C=O) groups is 1. The number of hydrogen-bond acceptors (Lipinski definition) is 4. The Morgan fingerprint density at radius 1 is 1.37 bits per heavy atom. The molecule has 0 radical (unpaired) electrons. The molecule has 0 amide bonds. The molecule has 1 saturated heterocycles. The Morgan fingerprint density at radius 2 is 1.95 bits per heavy atom. The Hall–Kier alpha value is -0.420. The van der Waals surface area contributed by atoms with Gasteiger partial charge in [-0.2, -0.15) is 0 Å². The van der Waals surface area contributed by atoms with Crippen LogP contribution in [0.3, 0.4) is 0 Å². The minimum atomic E-state index is -0.0756. The van der Waals surface area contributed by atoms with Crippen LogP contribution >= 0.6 is 22.9 Å². The van der Waals surface area contributed by atoms with Gasteiger partial charge in [0, 0.05) is 25.2 Å². The lowest BCUT2D eigenvalue weighted by Crippen LogP contribution is -2.58. The van der Waals surface area contributed by atoms with Gasteiger partial charge in [0.2, 0.25) is 0 Å². The summed E-state index contributed by atoms with van der Waals surface area (Å²) in [6.07, 6.45) is 0. The summed E-state index contributed by atoms with van der Waals surface area (Å²) < 4.78 is 0.677. The molecule has 1 aliphatic heterocycles. The maximum absolute atomic E-state index is 12.4. The summed E-state index contributed by atoms with van der Waals surface area (Å²) in [7, 11) is 2.15. The molecule has 5 heteroatoms. The van der Waals surface area contributed by atoms with Gasteiger partial charge in [0.15, 0.2) is 5.78 Å². The van der Waals surface area contributed by atoms with Gasteiger partial charge in [0.1, 0.15) is 0 Å². The molecule has 1 aromatic rings. The van der Waals surface area contributed by atoms with Crippen molar-refractivity contribution in [3.63, 3.8) is 0 Å². The van der Waals surface area contributed by atoms with Crippen molar-refractivity contribution >= 4 is 28.7 Å². The fourth-order valence-corrected chi connectivity index (χ4v) is 3.65. The van der Waals surface area contributed by atoms with Crippen LogP contribution in [0.5, 0.6) is 0 Å². The lowest BCUT2D eigenvalue weighted by atomic mass is 10.0. The van der Waals surface area contributed by atoms with Gasteiger partial charge in [-0.3, -0.25) is 14.6 Å². The Bertz CT molecular complexity index is 450. The second kappa shape index (κ2) is 5.92. The second-order valence-electron chi connectivity index (χ2n) is 5.46. The van der Waals surface area contributed by atoms with Crippen LogP contribution in [0.1, 0.15) is 30.4 Å². The largest absolute Gasteiger partial charge is 0.298 e. The molecule has 0 bridgehead atoms. The predicted octanol–water partition coefficient (Wildman–Crippen LogP) is 3.00. The number of piperazine rings is 1. The highest BCUT2D eigenvalue weighted by molar-refractivity contribution is 7.18. The SMILES string of the molecule is CC(C(=O)c1ccc(Cl)s1)N1CC(C)N(C)C(C)C1. The predicted molar refractivity (Wildman–Crippen MR) is 81.4 cm³/mol. The van der Waals surface area contributed by atoms with Crippen LogP contribution in [0.2, 0.25) is 4.34 Å². The standard InChI is InChI=1S/C14H21ClN2OS/c1-9-7-17(8-10(2)16(9)4)11(3)14(18)12-5-6-13(15)19-12/h5-6,9-11H,7-8H2,1-4H3. The molecule has 0 aliphatic carbocycles. The number of thiophene rings is 1. The molecule has 3 unspecified atom stereocenters. The highest BCUT2D eigenvalue weighted by atomic mass is 35.5. The van der Waals surface area contributed by atoms with Gasteiger partial charge < -0.3 is 0 Å². The first-order chi connectivity index (χ1) is 8.90. The third-order valence-corrected chi connectivity index (χ3v) is 5.38. The van der Waals surface area contributed by atoms with Gasteiger partial charge >= 0.3 is 0 Å². The van der Waals surface area contributed by atoms with Crippen molar-refractivity contribution < 1.29 is 4.79 Å². The molecule has 3 nitrogen and oxygen atoms in total. The molecule has 1 fully saturated rings. The Morgan fingerprint density at radius 3 is 2.42 bits per heavy atom. The van der Waals surface area contributed by atoms with E-state index in [2.05, 4.69) is 30.7 Å². The van der Waals surface area contributed by atoms with E-state index < -0.39 is 0 Å². The average Bonchev–Trinajstić information content (AvgIpc) is 2.80. The van der Waals surface area contributed by atoms with E-state index in [0.717, 1.165) is 18.0 Å². The summed E-state index contributed by atoms with van der Waals surface area (Å²) in [6, 6.07) is 4.50. The van der Waals surface area contributed by atoms with Gasteiger partial charge in [-0.1, -0.05) is 11.6 Å². The quantitative estimate of drug-likeness (QED) is 0.802. The summed E-state index contributed by atoms with van der Waals surface area (Å²) in [5.74, 6) is 0.181. The van der Waals surface area contributed by atoms with Crippen molar-refractivity contribution in [3.8, 4) is 0 Å². The van der Waals surface area contributed by atoms with Crippen LogP contribution < -0.4 is 0 Å². The van der Waals surface area contributed by atoms with Crippen LogP contribution in [-0.2, 0) is 0 Å². The maximum atomic E-state index is 12.4. The fourth-order valence-electron chi connectivity index (χ4n) is 2.58. The number of nitrogens with zero attached hydrogens (tertiary/aromatic N) is 2. The van der Waals surface area contributed by atoms with Crippen LogP contribution in [0.4, 0.5) is 0 Å². The minimum Gasteiger partial charge on any atom is -0.298 e. The zero-order valence-corrected chi connectivity index (χ0v) is 13.5. The van der Waals surface area contributed by atoms with Crippen LogP contribution in [0.25, 0.3) is 0 Å². The normalized spacial score (nSPS) is 27.4. The third kappa shape index (κ3) is 3.19. The summed E-state index contributed by atoms with van der Waals surface area (Å²) in [5.41, 5.74) is 0. The van der Waals surface area contributed by atoms with E-state index in [9.17, 15) is 4.79 Å². The van der Waals surface area contributed by atoms with Gasteiger partial charge in [-0.25, -0.2) is 0 Å². The van der Waals surface area contributed by atoms with Crippen molar-refractivity contribution in [2.75, 3.05) is 20.1 Å². The third-order valence-electron chi connectivity index (χ3n) is 4.13. The summed E-state index contributed by atoms with van der Waals surface area (Å²) in [5, 5.41) is 0. The summed E-state index contributed by atoms with van der Waals surface area (Å²) >= 11 is 7.28. The smallest absolute Gasteiger partial charge is 0.189 e. The monoisotopic (exact) mass is 300 g/mol. The van der Waals surface area contributed by atoms with E-state index in [1.54, 1.807) is 6.07 Å². The number of halogens is 1. The topological polar surface area (TPSA) is 23.6 Å². The summed E-state index contributed by atoms with van der Waals surface area (Å²) in [6.45, 7) is 8.30. The highest BCUT2D eigenvalue weighted by Crippen LogP contribution is 2.25. The zero-order valence-electron chi connectivity index (χ0n) is 11.9. The number of likely N-dealkylation sites (N-methyl/N-ethyl adjacent to an activating group) is 1. The van der Waals surface area contributed by atoms with E-state index in [-0.39, 0.29) is 11.8 Å². The molecule has 0 aromatic carbocycles. The van der Waals surface area contributed by atoms with Crippen molar-refractivity contribution in [2.45, 2.75) is 38.9 Å². The first kappa shape index (κ1) is 15.0. The molecular weight excluding hydrogens is 280 g/mol. The molecule has 2 heterocycles. The molecule has 3 atom stereocenters. The van der Waals surface area contributed by atoms with Crippen LogP contribution in [0.15, 0.2) is 12.1 Å². The molecule has 0 spiro atoms. The molecule has 2 rings (SSSR count). The lowest BCUT2D eigenvalue weighted by molar-refractivity contribution is 0.0357. The summed E-state index contributed by atoms with van der Waals surface area (Å²) in [4.78, 5) is 17.9. The number of hydrogen-bond donors (Lipinski definition) is 0. The maximum Gasteiger partial charge on any atom is 0.189 e. The van der Waals surface area contributed by atoms with E-state index in [4.69, 9.17) is 11.6 Å². The Balaban J connectivity index is 2.07. The Kier molecular flexibility index (Phi) is 4.66. The van der Waals surface area contributed by atoms with Crippen molar-refractivity contribution in [2.24, 2.45) is 0 Å². The lowest BCUT2D eigenvalue weighted by Gasteiger charge is -2.44. The van der Waals surface area contributed by atoms with Gasteiger partial charge in [0.25, 0.3) is 0 Å². The molecule has 0 saturated carbocycles. The number of ketones is 1. The highest BCUT2D eigenvalue weighted by Gasteiger charge is 2.32. The molecule has 19 heavy (non-hydrogen) atoms. The first-order valence-electron chi connectivity index (χ1n) is 6.65. The number of Topliss-reactive ketones (excluding diaryl/α,β-unsaturated/α-hetero) is 1. The van der Waals surface area contributed by atoms with E-state index in [1.807, 2.05) is 13.0 Å². The molecule has 0 N–H and O–H groups in total. The van der Waals surface area contributed by atoms with Crippen molar-refractivity contribution in [3.05, 3.63) is 21.3 Å². The molecule has 106 valence electrons. The van der Waals surface area contributed by atoms with Crippen molar-refractivity contribution in [1.82, 2.24) is 9.80 Å². The number of rotatable bonds is 3. The van der Waals surface area contributed by atoms with E-state index in [1.165, 1.54) is 11.3 Å². The average molecular weight is 301 g/mol. The van der Waals surface area contributed by atoms with Gasteiger partial charge in [-0.05, 0) is 40.0 Å². The number of carbonyl (C=O) groups excluding carboxylic acids is 1. The fraction of sp³-hybridized carbons (Fsp3) is 0.643. The molecule has 1 aromatic heterocycles. The van der Waals surface area contributed by atoms with E-state index >= 15 is 0 Å². The minimum absolute atomic E-state index is 0.0756. The van der Waals surface area contributed by atoms with Crippen LogP contribution in [0, 0.1) is 0 Å². The van der Waals surface area contributed by atoms with Crippen molar-refractivity contribution in [1.29, 1.82) is 0 Å². The molecule has 1 aliphatic rings.